The highest BCUT2D eigenvalue weighted by molar-refractivity contribution is 6.02. The summed E-state index contributed by atoms with van der Waals surface area (Å²) < 4.78 is 1.48. The quantitative estimate of drug-likeness (QED) is 0.297. The molecular formula is C31H30N6O2. The Bertz CT molecular complexity index is 1600. The summed E-state index contributed by atoms with van der Waals surface area (Å²) in [6, 6.07) is 25.7. The van der Waals surface area contributed by atoms with Gasteiger partial charge in [-0.15, -0.1) is 0 Å². The van der Waals surface area contributed by atoms with Crippen LogP contribution in [0.3, 0.4) is 0 Å². The molecule has 0 spiro atoms. The molecule has 5 rings (SSSR count). The fourth-order valence-electron chi connectivity index (χ4n) is 4.84. The van der Waals surface area contributed by atoms with Crippen molar-refractivity contribution in [2.75, 3.05) is 42.5 Å². The summed E-state index contributed by atoms with van der Waals surface area (Å²) in [5.74, 6) is -0.0196. The lowest BCUT2D eigenvalue weighted by atomic mass is 10.1. The van der Waals surface area contributed by atoms with E-state index in [1.54, 1.807) is 12.3 Å². The van der Waals surface area contributed by atoms with Crippen molar-refractivity contribution in [3.63, 3.8) is 0 Å². The lowest BCUT2D eigenvalue weighted by Crippen LogP contribution is -2.47. The van der Waals surface area contributed by atoms with E-state index < -0.39 is 5.91 Å². The SMILES string of the molecule is Cc1cccn2c(=O)c(/C=C(\C#N)C(=O)NCCc3ccccc3)c(N3CCN(c4ccccc4)CC3)nc12. The van der Waals surface area contributed by atoms with Crippen LogP contribution in [0.5, 0.6) is 0 Å². The minimum absolute atomic E-state index is 0.126. The molecule has 1 amide bonds. The van der Waals surface area contributed by atoms with E-state index in [1.165, 1.54) is 10.5 Å². The van der Waals surface area contributed by atoms with Crippen LogP contribution >= 0.6 is 0 Å². The number of para-hydroxylation sites is 1. The zero-order valence-corrected chi connectivity index (χ0v) is 21.9. The summed E-state index contributed by atoms with van der Waals surface area (Å²) in [4.78, 5) is 35.9. The molecule has 0 radical (unpaired) electrons. The summed E-state index contributed by atoms with van der Waals surface area (Å²) in [5.41, 5.74) is 3.47. The number of fused-ring (bicyclic) bond motifs is 1. The zero-order chi connectivity index (χ0) is 27.2. The number of nitrogens with one attached hydrogen (secondary N) is 1. The van der Waals surface area contributed by atoms with Crippen molar-refractivity contribution >= 4 is 29.1 Å². The molecule has 0 aliphatic carbocycles. The molecule has 8 heteroatoms. The first-order valence-corrected chi connectivity index (χ1v) is 13.1. The summed E-state index contributed by atoms with van der Waals surface area (Å²) in [6.07, 6.45) is 3.70. The number of carbonyl (C=O) groups excluding carboxylic acids is 1. The molecule has 4 aromatic rings. The fourth-order valence-corrected chi connectivity index (χ4v) is 4.84. The highest BCUT2D eigenvalue weighted by Gasteiger charge is 2.24. The number of aryl methyl sites for hydroxylation is 1. The van der Waals surface area contributed by atoms with Crippen LogP contribution in [0.4, 0.5) is 11.5 Å². The fraction of sp³-hybridized carbons (Fsp3) is 0.226. The van der Waals surface area contributed by atoms with Gasteiger partial charge in [-0.2, -0.15) is 5.26 Å². The Morgan fingerprint density at radius 3 is 2.33 bits per heavy atom. The predicted octanol–water partition coefficient (Wildman–Crippen LogP) is 3.60. The summed E-state index contributed by atoms with van der Waals surface area (Å²) in [6.45, 7) is 5.10. The lowest BCUT2D eigenvalue weighted by molar-refractivity contribution is -0.117. The number of nitrogens with zero attached hydrogens (tertiary/aromatic N) is 5. The number of hydrogen-bond acceptors (Lipinski definition) is 6. The van der Waals surface area contributed by atoms with Gasteiger partial charge >= 0.3 is 0 Å². The lowest BCUT2D eigenvalue weighted by Gasteiger charge is -2.37. The Balaban J connectivity index is 1.45. The van der Waals surface area contributed by atoms with Crippen LogP contribution in [0.2, 0.25) is 0 Å². The topological polar surface area (TPSA) is 93.7 Å². The third-order valence-electron chi connectivity index (χ3n) is 6.96. The number of carbonyl (C=O) groups is 1. The normalized spacial score (nSPS) is 13.8. The van der Waals surface area contributed by atoms with Crippen LogP contribution in [0.25, 0.3) is 11.7 Å². The molecule has 8 nitrogen and oxygen atoms in total. The highest BCUT2D eigenvalue weighted by atomic mass is 16.1. The molecule has 0 saturated carbocycles. The van der Waals surface area contributed by atoms with E-state index >= 15 is 0 Å². The number of amides is 1. The molecular weight excluding hydrogens is 488 g/mol. The second kappa shape index (κ2) is 11.7. The second-order valence-electron chi connectivity index (χ2n) is 9.51. The summed E-state index contributed by atoms with van der Waals surface area (Å²) >= 11 is 0. The van der Waals surface area contributed by atoms with Gasteiger partial charge in [-0.1, -0.05) is 54.6 Å². The van der Waals surface area contributed by atoms with Crippen LogP contribution < -0.4 is 20.7 Å². The van der Waals surface area contributed by atoms with Gasteiger partial charge in [0.15, 0.2) is 0 Å². The molecule has 2 aromatic heterocycles. The van der Waals surface area contributed by atoms with Gasteiger partial charge in [0, 0.05) is 44.6 Å². The van der Waals surface area contributed by atoms with Gasteiger partial charge in [0.25, 0.3) is 11.5 Å². The molecule has 1 saturated heterocycles. The van der Waals surface area contributed by atoms with Crippen LogP contribution in [0.15, 0.2) is 89.4 Å². The third-order valence-corrected chi connectivity index (χ3v) is 6.96. The van der Waals surface area contributed by atoms with Crippen LogP contribution in [-0.4, -0.2) is 48.0 Å². The number of nitriles is 1. The van der Waals surface area contributed by atoms with Gasteiger partial charge in [-0.3, -0.25) is 14.0 Å². The molecule has 39 heavy (non-hydrogen) atoms. The molecule has 1 aliphatic heterocycles. The van der Waals surface area contributed by atoms with Gasteiger partial charge in [-0.25, -0.2) is 4.98 Å². The van der Waals surface area contributed by atoms with E-state index in [0.29, 0.717) is 37.5 Å². The monoisotopic (exact) mass is 518 g/mol. The van der Waals surface area contributed by atoms with Crippen molar-refractivity contribution in [1.82, 2.24) is 14.7 Å². The zero-order valence-electron chi connectivity index (χ0n) is 21.9. The largest absolute Gasteiger partial charge is 0.368 e. The van der Waals surface area contributed by atoms with E-state index in [9.17, 15) is 14.9 Å². The molecule has 1 N–H and O–H groups in total. The number of benzene rings is 2. The van der Waals surface area contributed by atoms with Crippen molar-refractivity contribution in [3.05, 3.63) is 112 Å². The second-order valence-corrected chi connectivity index (χ2v) is 9.51. The van der Waals surface area contributed by atoms with Gasteiger partial charge in [0.2, 0.25) is 0 Å². The minimum atomic E-state index is -0.512. The van der Waals surface area contributed by atoms with E-state index in [4.69, 9.17) is 4.98 Å². The van der Waals surface area contributed by atoms with Gasteiger partial charge in [-0.05, 0) is 48.7 Å². The molecule has 0 unspecified atom stereocenters. The van der Waals surface area contributed by atoms with Gasteiger partial charge < -0.3 is 15.1 Å². The first-order valence-electron chi connectivity index (χ1n) is 13.1. The smallest absolute Gasteiger partial charge is 0.267 e. The average molecular weight is 519 g/mol. The molecule has 2 aromatic carbocycles. The van der Waals surface area contributed by atoms with Crippen LogP contribution in [0, 0.1) is 18.3 Å². The number of piperazine rings is 1. The number of pyridine rings is 1. The number of anilines is 2. The minimum Gasteiger partial charge on any atom is -0.368 e. The number of rotatable bonds is 7. The third kappa shape index (κ3) is 5.68. The first kappa shape index (κ1) is 25.7. The van der Waals surface area contributed by atoms with Gasteiger partial charge in [0.05, 0.1) is 5.56 Å². The number of aromatic nitrogens is 2. The maximum atomic E-state index is 13.7. The van der Waals surface area contributed by atoms with Crippen molar-refractivity contribution in [1.29, 1.82) is 5.26 Å². The van der Waals surface area contributed by atoms with Gasteiger partial charge in [0.1, 0.15) is 23.1 Å². The van der Waals surface area contributed by atoms with Crippen LogP contribution in [0.1, 0.15) is 16.7 Å². The molecule has 0 bridgehead atoms. The Morgan fingerprint density at radius 1 is 0.974 bits per heavy atom. The Labute approximate surface area is 227 Å². The Kier molecular flexibility index (Phi) is 7.69. The first-order chi connectivity index (χ1) is 19.0. The molecule has 196 valence electrons. The molecule has 1 fully saturated rings. The summed E-state index contributed by atoms with van der Waals surface area (Å²) in [7, 11) is 0. The van der Waals surface area contributed by atoms with Crippen molar-refractivity contribution in [3.8, 4) is 6.07 Å². The predicted molar refractivity (Wildman–Crippen MR) is 154 cm³/mol. The Morgan fingerprint density at radius 2 is 1.64 bits per heavy atom. The van der Waals surface area contributed by atoms with E-state index in [1.807, 2.05) is 67.6 Å². The van der Waals surface area contributed by atoms with Crippen LogP contribution in [-0.2, 0) is 11.2 Å². The highest BCUT2D eigenvalue weighted by Crippen LogP contribution is 2.24. The van der Waals surface area contributed by atoms with Crippen molar-refractivity contribution < 1.29 is 4.79 Å². The number of hydrogen-bond donors (Lipinski definition) is 1. The molecule has 1 aliphatic rings. The molecule has 3 heterocycles. The van der Waals surface area contributed by atoms with Crippen molar-refractivity contribution in [2.24, 2.45) is 0 Å². The molecule has 0 atom stereocenters. The van der Waals surface area contributed by atoms with E-state index in [2.05, 4.69) is 27.2 Å². The Hall–Kier alpha value is -4.90. The maximum absolute atomic E-state index is 13.7. The van der Waals surface area contributed by atoms with E-state index in [-0.39, 0.29) is 16.7 Å². The van der Waals surface area contributed by atoms with E-state index in [0.717, 1.165) is 29.9 Å². The maximum Gasteiger partial charge on any atom is 0.267 e. The van der Waals surface area contributed by atoms with Crippen molar-refractivity contribution in [2.45, 2.75) is 13.3 Å². The standard InChI is InChI=1S/C31H30N6O2/c1-23-9-8-16-37-28(23)34-29(36-19-17-35(18-20-36)26-12-6-3-7-13-26)27(31(37)39)21-25(22-32)30(38)33-15-14-24-10-4-2-5-11-24/h2-13,16,21H,14-15,17-20H2,1H3,(H,33,38)/b25-21+. The summed E-state index contributed by atoms with van der Waals surface area (Å²) in [5, 5.41) is 12.7. The average Bonchev–Trinajstić information content (AvgIpc) is 2.98.